The second-order valence-electron chi connectivity index (χ2n) is 6.49. The molecule has 0 bridgehead atoms. The van der Waals surface area contributed by atoms with Crippen molar-refractivity contribution in [2.45, 2.75) is 38.3 Å². The van der Waals surface area contributed by atoms with E-state index in [1.807, 2.05) is 24.3 Å². The van der Waals surface area contributed by atoms with Gasteiger partial charge in [-0.25, -0.2) is 8.42 Å². The normalized spacial score (nSPS) is 22.0. The van der Waals surface area contributed by atoms with E-state index >= 15 is 0 Å². The molecule has 6 nitrogen and oxygen atoms in total. The fraction of sp³-hybridized carbons (Fsp3) is 0.500. The summed E-state index contributed by atoms with van der Waals surface area (Å²) in [6.45, 7) is 0.347. The first kappa shape index (κ1) is 14.8. The van der Waals surface area contributed by atoms with Gasteiger partial charge >= 0.3 is 0 Å². The highest BCUT2D eigenvalue weighted by atomic mass is 32.2. The zero-order valence-corrected chi connectivity index (χ0v) is 13.8. The number of hydrogen-bond donors (Lipinski definition) is 0. The standard InChI is InChI=1S/C16H19N3O3S/c1-23(20,21)19-10-13-5-3-2-4-12(13)9-14(19)16-17-15(18-22-16)8-11-6-7-11/h2-5,11,14H,6-10H2,1H3. The van der Waals surface area contributed by atoms with Gasteiger partial charge in [0.2, 0.25) is 15.9 Å². The van der Waals surface area contributed by atoms with Gasteiger partial charge in [-0.15, -0.1) is 0 Å². The summed E-state index contributed by atoms with van der Waals surface area (Å²) in [6, 6.07) is 7.48. The minimum absolute atomic E-state index is 0.347. The number of nitrogens with zero attached hydrogens (tertiary/aromatic N) is 3. The highest BCUT2D eigenvalue weighted by Gasteiger charge is 2.37. The number of sulfonamides is 1. The van der Waals surface area contributed by atoms with Crippen LogP contribution in [0.15, 0.2) is 28.8 Å². The molecule has 1 atom stereocenters. The first-order valence-electron chi connectivity index (χ1n) is 7.87. The summed E-state index contributed by atoms with van der Waals surface area (Å²) < 4.78 is 31.3. The molecule has 0 amide bonds. The monoisotopic (exact) mass is 333 g/mol. The smallest absolute Gasteiger partial charge is 0.245 e. The van der Waals surface area contributed by atoms with Crippen molar-refractivity contribution in [3.8, 4) is 0 Å². The first-order chi connectivity index (χ1) is 11.0. The Morgan fingerprint density at radius 2 is 2.00 bits per heavy atom. The van der Waals surface area contributed by atoms with E-state index in [0.29, 0.717) is 30.6 Å². The average Bonchev–Trinajstić information content (AvgIpc) is 3.20. The van der Waals surface area contributed by atoms with Crippen LogP contribution in [0.25, 0.3) is 0 Å². The molecule has 1 saturated carbocycles. The number of rotatable bonds is 4. The zero-order valence-electron chi connectivity index (χ0n) is 13.0. The molecule has 1 aliphatic heterocycles. The van der Waals surface area contributed by atoms with Crippen LogP contribution in [0.3, 0.4) is 0 Å². The lowest BCUT2D eigenvalue weighted by molar-refractivity contribution is 0.233. The predicted molar refractivity (Wildman–Crippen MR) is 84.0 cm³/mol. The van der Waals surface area contributed by atoms with Crippen molar-refractivity contribution < 1.29 is 12.9 Å². The molecular formula is C16H19N3O3S. The Morgan fingerprint density at radius 3 is 2.70 bits per heavy atom. The summed E-state index contributed by atoms with van der Waals surface area (Å²) in [7, 11) is -3.36. The van der Waals surface area contributed by atoms with Crippen LogP contribution in [0.2, 0.25) is 0 Å². The van der Waals surface area contributed by atoms with Gasteiger partial charge in [-0.1, -0.05) is 29.4 Å². The SMILES string of the molecule is CS(=O)(=O)N1Cc2ccccc2CC1c1nc(CC2CC2)no1. The maximum absolute atomic E-state index is 12.2. The summed E-state index contributed by atoms with van der Waals surface area (Å²) in [5.41, 5.74) is 2.17. The van der Waals surface area contributed by atoms with E-state index in [0.717, 1.165) is 17.5 Å². The molecule has 0 spiro atoms. The highest BCUT2D eigenvalue weighted by molar-refractivity contribution is 7.88. The van der Waals surface area contributed by atoms with Crippen molar-refractivity contribution in [2.75, 3.05) is 6.26 Å². The van der Waals surface area contributed by atoms with E-state index in [9.17, 15) is 8.42 Å². The summed E-state index contributed by atoms with van der Waals surface area (Å²) in [5.74, 6) is 1.76. The van der Waals surface area contributed by atoms with Crippen molar-refractivity contribution in [3.63, 3.8) is 0 Å². The van der Waals surface area contributed by atoms with Crippen LogP contribution in [-0.2, 0) is 29.4 Å². The minimum atomic E-state index is -3.36. The molecule has 7 heteroatoms. The van der Waals surface area contributed by atoms with Crippen molar-refractivity contribution in [1.29, 1.82) is 0 Å². The summed E-state index contributed by atoms with van der Waals surface area (Å²) in [6.07, 6.45) is 5.06. The molecular weight excluding hydrogens is 314 g/mol. The molecule has 2 aliphatic rings. The zero-order chi connectivity index (χ0) is 16.0. The lowest BCUT2D eigenvalue weighted by Crippen LogP contribution is -2.38. The van der Waals surface area contributed by atoms with E-state index < -0.39 is 16.1 Å². The van der Waals surface area contributed by atoms with E-state index in [-0.39, 0.29) is 0 Å². The molecule has 122 valence electrons. The van der Waals surface area contributed by atoms with Crippen LogP contribution >= 0.6 is 0 Å². The maximum atomic E-state index is 12.2. The molecule has 2 heterocycles. The molecule has 1 aliphatic carbocycles. The molecule has 4 rings (SSSR count). The van der Waals surface area contributed by atoms with Gasteiger partial charge in [-0.3, -0.25) is 0 Å². The second kappa shape index (κ2) is 5.42. The van der Waals surface area contributed by atoms with Gasteiger partial charge in [0.05, 0.1) is 6.26 Å². The van der Waals surface area contributed by atoms with Crippen molar-refractivity contribution in [1.82, 2.24) is 14.4 Å². The Balaban J connectivity index is 1.67. The second-order valence-corrected chi connectivity index (χ2v) is 8.43. The number of benzene rings is 1. The largest absolute Gasteiger partial charge is 0.338 e. The number of fused-ring (bicyclic) bond motifs is 1. The summed E-state index contributed by atoms with van der Waals surface area (Å²) >= 11 is 0. The molecule has 1 aromatic heterocycles. The summed E-state index contributed by atoms with van der Waals surface area (Å²) in [4.78, 5) is 4.47. The lowest BCUT2D eigenvalue weighted by Gasteiger charge is -2.32. The fourth-order valence-electron chi connectivity index (χ4n) is 3.12. The summed E-state index contributed by atoms with van der Waals surface area (Å²) in [5, 5.41) is 4.04. The van der Waals surface area contributed by atoms with Gasteiger partial charge in [0.25, 0.3) is 0 Å². The van der Waals surface area contributed by atoms with Crippen LogP contribution in [0.1, 0.15) is 41.7 Å². The number of aromatic nitrogens is 2. The first-order valence-corrected chi connectivity index (χ1v) is 9.71. The van der Waals surface area contributed by atoms with Crippen LogP contribution in [0.4, 0.5) is 0 Å². The highest BCUT2D eigenvalue weighted by Crippen LogP contribution is 2.35. The number of hydrogen-bond acceptors (Lipinski definition) is 5. The third kappa shape index (κ3) is 3.03. The Bertz CT molecular complexity index is 827. The quantitative estimate of drug-likeness (QED) is 0.856. The lowest BCUT2D eigenvalue weighted by atomic mass is 9.96. The van der Waals surface area contributed by atoms with Gasteiger partial charge in [0.1, 0.15) is 6.04 Å². The van der Waals surface area contributed by atoms with Crippen LogP contribution in [0, 0.1) is 5.92 Å². The van der Waals surface area contributed by atoms with E-state index in [1.54, 1.807) is 0 Å². The predicted octanol–water partition coefficient (Wildman–Crippen LogP) is 2.08. The van der Waals surface area contributed by atoms with E-state index in [4.69, 9.17) is 4.52 Å². The molecule has 2 aromatic rings. The van der Waals surface area contributed by atoms with E-state index in [1.165, 1.54) is 23.4 Å². The molecule has 1 fully saturated rings. The van der Waals surface area contributed by atoms with Gasteiger partial charge in [0.15, 0.2) is 5.82 Å². The third-order valence-corrected chi connectivity index (χ3v) is 5.80. The fourth-order valence-corrected chi connectivity index (χ4v) is 4.12. The molecule has 0 radical (unpaired) electrons. The Hall–Kier alpha value is -1.73. The van der Waals surface area contributed by atoms with Gasteiger partial charge in [-0.2, -0.15) is 9.29 Å². The Kier molecular flexibility index (Phi) is 3.50. The molecule has 23 heavy (non-hydrogen) atoms. The van der Waals surface area contributed by atoms with Gasteiger partial charge in [0, 0.05) is 13.0 Å². The van der Waals surface area contributed by atoms with Gasteiger partial charge < -0.3 is 4.52 Å². The van der Waals surface area contributed by atoms with Gasteiger partial charge in [-0.05, 0) is 36.3 Å². The van der Waals surface area contributed by atoms with Crippen molar-refractivity contribution >= 4 is 10.0 Å². The van der Waals surface area contributed by atoms with E-state index in [2.05, 4.69) is 10.1 Å². The van der Waals surface area contributed by atoms with Crippen LogP contribution < -0.4 is 0 Å². The van der Waals surface area contributed by atoms with Crippen molar-refractivity contribution in [3.05, 3.63) is 47.1 Å². The molecule has 0 saturated heterocycles. The maximum Gasteiger partial charge on any atom is 0.245 e. The third-order valence-electron chi connectivity index (χ3n) is 4.57. The van der Waals surface area contributed by atoms with Crippen molar-refractivity contribution in [2.24, 2.45) is 5.92 Å². The molecule has 1 unspecified atom stereocenters. The Morgan fingerprint density at radius 1 is 1.26 bits per heavy atom. The van der Waals surface area contributed by atoms with Crippen LogP contribution in [-0.4, -0.2) is 29.1 Å². The van der Waals surface area contributed by atoms with Crippen LogP contribution in [0.5, 0.6) is 0 Å². The average molecular weight is 333 g/mol. The Labute approximate surface area is 135 Å². The topological polar surface area (TPSA) is 76.3 Å². The molecule has 0 N–H and O–H groups in total. The molecule has 1 aromatic carbocycles. The minimum Gasteiger partial charge on any atom is -0.338 e.